The minimum atomic E-state index is -1.20. The molecule has 0 saturated heterocycles. The van der Waals surface area contributed by atoms with Crippen molar-refractivity contribution in [1.29, 1.82) is 0 Å². The van der Waals surface area contributed by atoms with Gasteiger partial charge in [-0.15, -0.1) is 11.6 Å². The van der Waals surface area contributed by atoms with Crippen LogP contribution in [0.15, 0.2) is 12.1 Å². The first-order chi connectivity index (χ1) is 8.88. The van der Waals surface area contributed by atoms with Crippen LogP contribution in [0, 0.1) is 17.5 Å². The van der Waals surface area contributed by atoms with Crippen LogP contribution in [0.5, 0.6) is 0 Å². The number of benzene rings is 1. The third-order valence-corrected chi connectivity index (χ3v) is 2.90. The maximum Gasteiger partial charge on any atom is 0.260 e. The van der Waals surface area contributed by atoms with Crippen LogP contribution >= 0.6 is 11.6 Å². The van der Waals surface area contributed by atoms with E-state index in [0.29, 0.717) is 24.4 Å². The quantitative estimate of drug-likeness (QED) is 0.760. The van der Waals surface area contributed by atoms with Crippen LogP contribution in [0.25, 0.3) is 0 Å². The molecule has 0 radical (unpaired) electrons. The van der Waals surface area contributed by atoms with Gasteiger partial charge in [-0.3, -0.25) is 4.79 Å². The largest absolute Gasteiger partial charge is 0.336 e. The number of rotatable bonds is 5. The van der Waals surface area contributed by atoms with Gasteiger partial charge in [0.15, 0.2) is 0 Å². The molecule has 106 valence electrons. The van der Waals surface area contributed by atoms with Crippen LogP contribution < -0.4 is 0 Å². The minimum absolute atomic E-state index is 0.237. The van der Waals surface area contributed by atoms with E-state index in [2.05, 4.69) is 0 Å². The Labute approximate surface area is 115 Å². The molecule has 1 aromatic carbocycles. The highest BCUT2D eigenvalue weighted by Crippen LogP contribution is 2.18. The predicted molar refractivity (Wildman–Crippen MR) is 67.8 cm³/mol. The van der Waals surface area contributed by atoms with Gasteiger partial charge in [0, 0.05) is 30.6 Å². The number of carbonyl (C=O) groups excluding carboxylic acids is 1. The molecule has 1 amide bonds. The first-order valence-corrected chi connectivity index (χ1v) is 6.43. The summed E-state index contributed by atoms with van der Waals surface area (Å²) in [4.78, 5) is 13.4. The van der Waals surface area contributed by atoms with Crippen molar-refractivity contribution in [2.75, 3.05) is 12.4 Å². The van der Waals surface area contributed by atoms with E-state index in [1.807, 2.05) is 0 Å². The molecule has 0 aromatic heterocycles. The van der Waals surface area contributed by atoms with Crippen molar-refractivity contribution in [2.24, 2.45) is 0 Å². The molecule has 2 nitrogen and oxygen atoms in total. The Morgan fingerprint density at radius 1 is 1.26 bits per heavy atom. The van der Waals surface area contributed by atoms with Crippen molar-refractivity contribution in [3.05, 3.63) is 35.1 Å². The highest BCUT2D eigenvalue weighted by Gasteiger charge is 2.25. The van der Waals surface area contributed by atoms with Gasteiger partial charge >= 0.3 is 0 Å². The van der Waals surface area contributed by atoms with E-state index in [1.165, 1.54) is 4.90 Å². The SMILES string of the molecule is CC(C)N(CCCCl)C(=O)c1c(F)cc(F)cc1F. The first kappa shape index (κ1) is 15.8. The molecule has 0 N–H and O–H groups in total. The Hall–Kier alpha value is -1.23. The molecule has 0 atom stereocenters. The lowest BCUT2D eigenvalue weighted by Crippen LogP contribution is -2.38. The summed E-state index contributed by atoms with van der Waals surface area (Å²) in [5.74, 6) is -3.90. The van der Waals surface area contributed by atoms with Gasteiger partial charge in [-0.1, -0.05) is 0 Å². The van der Waals surface area contributed by atoms with Crippen molar-refractivity contribution < 1.29 is 18.0 Å². The van der Waals surface area contributed by atoms with Gasteiger partial charge in [0.05, 0.1) is 0 Å². The molecule has 0 aliphatic carbocycles. The molecule has 1 rings (SSSR count). The van der Waals surface area contributed by atoms with Crippen molar-refractivity contribution in [3.8, 4) is 0 Å². The second kappa shape index (κ2) is 6.80. The minimum Gasteiger partial charge on any atom is -0.336 e. The second-order valence-corrected chi connectivity index (χ2v) is 4.76. The molecule has 0 aliphatic heterocycles. The molecular weight excluding hydrogens is 279 g/mol. The van der Waals surface area contributed by atoms with E-state index >= 15 is 0 Å². The van der Waals surface area contributed by atoms with Crippen LogP contribution in [0.3, 0.4) is 0 Å². The van der Waals surface area contributed by atoms with Gasteiger partial charge in [0.2, 0.25) is 0 Å². The number of nitrogens with zero attached hydrogens (tertiary/aromatic N) is 1. The van der Waals surface area contributed by atoms with Crippen molar-refractivity contribution in [2.45, 2.75) is 26.3 Å². The third-order valence-electron chi connectivity index (χ3n) is 2.64. The van der Waals surface area contributed by atoms with Gasteiger partial charge in [-0.05, 0) is 20.3 Å². The number of carbonyl (C=O) groups is 1. The standard InChI is InChI=1S/C13H15ClF3NO/c1-8(2)18(5-3-4-14)13(19)12-10(16)6-9(15)7-11(12)17/h6-8H,3-5H2,1-2H3. The Morgan fingerprint density at radius 2 is 1.79 bits per heavy atom. The van der Waals surface area contributed by atoms with Crippen molar-refractivity contribution >= 4 is 17.5 Å². The van der Waals surface area contributed by atoms with Gasteiger partial charge in [-0.25, -0.2) is 13.2 Å². The number of halogens is 4. The Morgan fingerprint density at radius 3 is 2.21 bits per heavy atom. The van der Waals surface area contributed by atoms with Crippen molar-refractivity contribution in [1.82, 2.24) is 4.90 Å². The summed E-state index contributed by atoms with van der Waals surface area (Å²) in [5, 5.41) is 0. The summed E-state index contributed by atoms with van der Waals surface area (Å²) in [6, 6.07) is 0.756. The summed E-state index contributed by atoms with van der Waals surface area (Å²) >= 11 is 5.55. The van der Waals surface area contributed by atoms with E-state index < -0.39 is 28.9 Å². The molecule has 0 aliphatic rings. The van der Waals surface area contributed by atoms with Crippen LogP contribution in [-0.2, 0) is 0 Å². The van der Waals surface area contributed by atoms with Gasteiger partial charge in [-0.2, -0.15) is 0 Å². The zero-order valence-corrected chi connectivity index (χ0v) is 11.5. The van der Waals surface area contributed by atoms with Gasteiger partial charge in [0.25, 0.3) is 5.91 Å². The fourth-order valence-corrected chi connectivity index (χ4v) is 1.83. The summed E-state index contributed by atoms with van der Waals surface area (Å²) in [6.07, 6.45) is 0.510. The number of hydrogen-bond acceptors (Lipinski definition) is 1. The van der Waals surface area contributed by atoms with E-state index in [4.69, 9.17) is 11.6 Å². The molecule has 0 saturated carbocycles. The molecule has 1 aromatic rings. The van der Waals surface area contributed by atoms with E-state index in [9.17, 15) is 18.0 Å². The number of amides is 1. The van der Waals surface area contributed by atoms with Crippen LogP contribution in [0.2, 0.25) is 0 Å². The lowest BCUT2D eigenvalue weighted by molar-refractivity contribution is 0.0696. The van der Waals surface area contributed by atoms with E-state index in [0.717, 1.165) is 0 Å². The Bertz CT molecular complexity index is 442. The Kier molecular flexibility index (Phi) is 5.66. The molecule has 19 heavy (non-hydrogen) atoms. The van der Waals surface area contributed by atoms with Gasteiger partial charge in [0.1, 0.15) is 23.0 Å². The molecular formula is C13H15ClF3NO. The molecule has 0 bridgehead atoms. The average Bonchev–Trinajstić information content (AvgIpc) is 2.27. The van der Waals surface area contributed by atoms with Gasteiger partial charge < -0.3 is 4.90 Å². The normalized spacial score (nSPS) is 10.9. The lowest BCUT2D eigenvalue weighted by atomic mass is 10.1. The predicted octanol–water partition coefficient (Wildman–Crippen LogP) is 3.58. The molecule has 0 fully saturated rings. The second-order valence-electron chi connectivity index (χ2n) is 4.38. The fourth-order valence-electron chi connectivity index (χ4n) is 1.71. The zero-order chi connectivity index (χ0) is 14.6. The summed E-state index contributed by atoms with van der Waals surface area (Å²) in [7, 11) is 0. The number of hydrogen-bond donors (Lipinski definition) is 0. The topological polar surface area (TPSA) is 20.3 Å². The fraction of sp³-hybridized carbons (Fsp3) is 0.462. The third kappa shape index (κ3) is 3.86. The number of alkyl halides is 1. The van der Waals surface area contributed by atoms with Crippen molar-refractivity contribution in [3.63, 3.8) is 0 Å². The Balaban J connectivity index is 3.09. The first-order valence-electron chi connectivity index (χ1n) is 5.90. The average molecular weight is 294 g/mol. The maximum absolute atomic E-state index is 13.6. The summed E-state index contributed by atoms with van der Waals surface area (Å²) in [5.41, 5.74) is -0.732. The van der Waals surface area contributed by atoms with E-state index in [-0.39, 0.29) is 12.6 Å². The summed E-state index contributed by atoms with van der Waals surface area (Å²) in [6.45, 7) is 3.74. The van der Waals surface area contributed by atoms with Crippen LogP contribution in [0.1, 0.15) is 30.6 Å². The highest BCUT2D eigenvalue weighted by molar-refractivity contribution is 6.17. The monoisotopic (exact) mass is 293 g/mol. The highest BCUT2D eigenvalue weighted by atomic mass is 35.5. The lowest BCUT2D eigenvalue weighted by Gasteiger charge is -2.26. The molecule has 6 heteroatoms. The zero-order valence-electron chi connectivity index (χ0n) is 10.7. The summed E-state index contributed by atoms with van der Waals surface area (Å²) < 4.78 is 39.9. The van der Waals surface area contributed by atoms with E-state index in [1.54, 1.807) is 13.8 Å². The maximum atomic E-state index is 13.6. The molecule has 0 unspecified atom stereocenters. The smallest absolute Gasteiger partial charge is 0.260 e. The molecule has 0 spiro atoms. The van der Waals surface area contributed by atoms with Crippen LogP contribution in [0.4, 0.5) is 13.2 Å². The molecule has 0 heterocycles. The van der Waals surface area contributed by atoms with Crippen LogP contribution in [-0.4, -0.2) is 29.3 Å².